The van der Waals surface area contributed by atoms with E-state index >= 15 is 0 Å². The molecule has 30 heavy (non-hydrogen) atoms. The Morgan fingerprint density at radius 3 is 2.33 bits per heavy atom. The Morgan fingerprint density at radius 2 is 1.57 bits per heavy atom. The molecule has 4 atom stereocenters. The minimum absolute atomic E-state index is 0.106. The van der Waals surface area contributed by atoms with E-state index in [0.717, 1.165) is 23.3 Å². The number of halogens is 2. The Labute approximate surface area is 179 Å². The predicted octanol–water partition coefficient (Wildman–Crippen LogP) is 7.55. The standard InChI is InChI=1S/C28H30F2/c1-3-4-21-9-14-26-18-25(16-15-24(26)17-21)22-11-6-20(7-12-22)8-13-23-10-5-19(2)27(29)28(23)30/h3-7,10-12,21,24-26H,9,14-18H2,1-2H3/b4-3+. The van der Waals surface area contributed by atoms with Crippen molar-refractivity contribution in [3.05, 3.63) is 82.4 Å². The first kappa shape index (κ1) is 20.9. The fourth-order valence-electron chi connectivity index (χ4n) is 5.40. The lowest BCUT2D eigenvalue weighted by molar-refractivity contribution is 0.133. The number of benzene rings is 2. The molecular weight excluding hydrogens is 374 g/mol. The minimum atomic E-state index is -0.861. The van der Waals surface area contributed by atoms with Gasteiger partial charge in [-0.3, -0.25) is 0 Å². The van der Waals surface area contributed by atoms with Gasteiger partial charge in [0, 0.05) is 5.56 Å². The van der Waals surface area contributed by atoms with Gasteiger partial charge in [0.05, 0.1) is 5.56 Å². The highest BCUT2D eigenvalue weighted by molar-refractivity contribution is 5.45. The number of rotatable bonds is 2. The average Bonchev–Trinajstić information content (AvgIpc) is 2.77. The molecule has 0 radical (unpaired) electrons. The van der Waals surface area contributed by atoms with E-state index in [1.165, 1.54) is 44.1 Å². The zero-order chi connectivity index (χ0) is 21.1. The lowest BCUT2D eigenvalue weighted by Gasteiger charge is -2.41. The van der Waals surface area contributed by atoms with Gasteiger partial charge in [-0.05, 0) is 105 Å². The quantitative estimate of drug-likeness (QED) is 0.358. The van der Waals surface area contributed by atoms with Crippen molar-refractivity contribution in [3.63, 3.8) is 0 Å². The molecule has 0 aromatic heterocycles. The molecule has 2 aliphatic carbocycles. The van der Waals surface area contributed by atoms with Crippen LogP contribution in [-0.2, 0) is 0 Å². The van der Waals surface area contributed by atoms with Gasteiger partial charge >= 0.3 is 0 Å². The average molecular weight is 405 g/mol. The monoisotopic (exact) mass is 404 g/mol. The number of hydrogen-bond donors (Lipinski definition) is 0. The second kappa shape index (κ2) is 9.17. The topological polar surface area (TPSA) is 0 Å². The third kappa shape index (κ3) is 4.51. The van der Waals surface area contributed by atoms with Crippen molar-refractivity contribution in [3.8, 4) is 11.8 Å². The summed E-state index contributed by atoms with van der Waals surface area (Å²) in [7, 11) is 0. The Bertz CT molecular complexity index is 974. The van der Waals surface area contributed by atoms with Crippen LogP contribution in [0.5, 0.6) is 0 Å². The molecule has 0 bridgehead atoms. The summed E-state index contributed by atoms with van der Waals surface area (Å²) in [6.45, 7) is 3.68. The zero-order valence-corrected chi connectivity index (χ0v) is 17.9. The van der Waals surface area contributed by atoms with Crippen molar-refractivity contribution in [2.75, 3.05) is 0 Å². The molecule has 0 heterocycles. The number of allylic oxidation sites excluding steroid dienone is 2. The van der Waals surface area contributed by atoms with Crippen molar-refractivity contribution < 1.29 is 8.78 Å². The summed E-state index contributed by atoms with van der Waals surface area (Å²) in [4.78, 5) is 0. The molecule has 4 rings (SSSR count). The molecule has 156 valence electrons. The molecule has 0 aliphatic heterocycles. The smallest absolute Gasteiger partial charge is 0.174 e. The van der Waals surface area contributed by atoms with Crippen LogP contribution in [0.25, 0.3) is 0 Å². The van der Waals surface area contributed by atoms with Crippen molar-refractivity contribution in [1.29, 1.82) is 0 Å². The van der Waals surface area contributed by atoms with E-state index in [4.69, 9.17) is 0 Å². The SMILES string of the molecule is C/C=C/C1CCC2CC(c3ccc(C#Cc4ccc(C)c(F)c4F)cc3)CCC2C1. The molecule has 0 amide bonds. The summed E-state index contributed by atoms with van der Waals surface area (Å²) >= 11 is 0. The lowest BCUT2D eigenvalue weighted by Crippen LogP contribution is -2.30. The minimum Gasteiger partial charge on any atom is -0.203 e. The fraction of sp³-hybridized carbons (Fsp3) is 0.429. The number of fused-ring (bicyclic) bond motifs is 1. The van der Waals surface area contributed by atoms with Crippen LogP contribution in [0.3, 0.4) is 0 Å². The Kier molecular flexibility index (Phi) is 6.38. The van der Waals surface area contributed by atoms with Crippen LogP contribution in [0.15, 0.2) is 48.6 Å². The highest BCUT2D eigenvalue weighted by Crippen LogP contribution is 2.47. The van der Waals surface area contributed by atoms with Crippen LogP contribution >= 0.6 is 0 Å². The predicted molar refractivity (Wildman–Crippen MR) is 119 cm³/mol. The van der Waals surface area contributed by atoms with Gasteiger partial charge in [0.15, 0.2) is 11.6 Å². The van der Waals surface area contributed by atoms with Gasteiger partial charge in [-0.15, -0.1) is 0 Å². The van der Waals surface area contributed by atoms with E-state index in [1.54, 1.807) is 19.1 Å². The van der Waals surface area contributed by atoms with Gasteiger partial charge in [-0.25, -0.2) is 8.78 Å². The van der Waals surface area contributed by atoms with Crippen molar-refractivity contribution in [2.24, 2.45) is 17.8 Å². The van der Waals surface area contributed by atoms with Crippen molar-refractivity contribution in [1.82, 2.24) is 0 Å². The van der Waals surface area contributed by atoms with Gasteiger partial charge in [0.2, 0.25) is 0 Å². The largest absolute Gasteiger partial charge is 0.203 e. The van der Waals surface area contributed by atoms with Gasteiger partial charge in [0.1, 0.15) is 0 Å². The van der Waals surface area contributed by atoms with Gasteiger partial charge in [0.25, 0.3) is 0 Å². The Balaban J connectivity index is 1.41. The van der Waals surface area contributed by atoms with E-state index in [2.05, 4.69) is 43.0 Å². The number of aryl methyl sites for hydroxylation is 1. The summed E-state index contributed by atoms with van der Waals surface area (Å²) < 4.78 is 27.7. The second-order valence-corrected chi connectivity index (χ2v) is 9.06. The number of hydrogen-bond acceptors (Lipinski definition) is 0. The Morgan fingerprint density at radius 1 is 0.833 bits per heavy atom. The summed E-state index contributed by atoms with van der Waals surface area (Å²) in [5, 5.41) is 0. The summed E-state index contributed by atoms with van der Waals surface area (Å²) in [5.41, 5.74) is 2.63. The molecule has 2 fully saturated rings. The molecule has 2 aromatic carbocycles. The molecule has 0 spiro atoms. The molecule has 2 aliphatic rings. The highest BCUT2D eigenvalue weighted by Gasteiger charge is 2.35. The van der Waals surface area contributed by atoms with Gasteiger partial charge < -0.3 is 0 Å². The molecule has 0 saturated heterocycles. The van der Waals surface area contributed by atoms with Gasteiger partial charge in [-0.2, -0.15) is 0 Å². The molecular formula is C28H30F2. The van der Waals surface area contributed by atoms with Crippen LogP contribution in [0.2, 0.25) is 0 Å². The fourth-order valence-corrected chi connectivity index (χ4v) is 5.40. The van der Waals surface area contributed by atoms with E-state index in [0.29, 0.717) is 11.5 Å². The van der Waals surface area contributed by atoms with Crippen LogP contribution < -0.4 is 0 Å². The van der Waals surface area contributed by atoms with Crippen molar-refractivity contribution in [2.45, 2.75) is 58.3 Å². The second-order valence-electron chi connectivity index (χ2n) is 9.06. The molecule has 4 unspecified atom stereocenters. The van der Waals surface area contributed by atoms with Crippen LogP contribution in [0.1, 0.15) is 73.6 Å². The van der Waals surface area contributed by atoms with Crippen LogP contribution in [-0.4, -0.2) is 0 Å². The maximum Gasteiger partial charge on any atom is 0.174 e. The summed E-state index contributed by atoms with van der Waals surface area (Å²) in [6.07, 6.45) is 12.6. The highest BCUT2D eigenvalue weighted by atomic mass is 19.2. The first-order valence-electron chi connectivity index (χ1n) is 11.2. The van der Waals surface area contributed by atoms with Crippen LogP contribution in [0.4, 0.5) is 8.78 Å². The third-order valence-corrected chi connectivity index (χ3v) is 7.12. The Hall–Kier alpha value is -2.40. The van der Waals surface area contributed by atoms with E-state index < -0.39 is 11.6 Å². The van der Waals surface area contributed by atoms with Crippen LogP contribution in [0, 0.1) is 48.2 Å². The summed E-state index contributed by atoms with van der Waals surface area (Å²) in [6, 6.07) is 11.5. The molecule has 2 heteroatoms. The first-order valence-corrected chi connectivity index (χ1v) is 11.2. The van der Waals surface area contributed by atoms with E-state index in [1.807, 2.05) is 12.1 Å². The van der Waals surface area contributed by atoms with E-state index in [9.17, 15) is 8.78 Å². The molecule has 0 N–H and O–H groups in total. The first-order chi connectivity index (χ1) is 14.5. The normalized spacial score (nSPS) is 26.1. The van der Waals surface area contributed by atoms with E-state index in [-0.39, 0.29) is 5.56 Å². The van der Waals surface area contributed by atoms with Gasteiger partial charge in [-0.1, -0.05) is 42.2 Å². The summed E-state index contributed by atoms with van der Waals surface area (Å²) in [5.74, 6) is 7.26. The lowest BCUT2D eigenvalue weighted by atomic mass is 9.64. The third-order valence-electron chi connectivity index (χ3n) is 7.12. The maximum absolute atomic E-state index is 14.0. The zero-order valence-electron chi connectivity index (χ0n) is 17.9. The molecule has 2 aromatic rings. The maximum atomic E-state index is 14.0. The van der Waals surface area contributed by atoms with Crippen molar-refractivity contribution >= 4 is 0 Å². The molecule has 2 saturated carbocycles. The molecule has 0 nitrogen and oxygen atoms in total.